The van der Waals surface area contributed by atoms with Crippen LogP contribution in [-0.4, -0.2) is 68.5 Å². The second-order valence-electron chi connectivity index (χ2n) is 9.27. The van der Waals surface area contributed by atoms with Gasteiger partial charge in [-0.15, -0.1) is 0 Å². The second-order valence-corrected chi connectivity index (χ2v) is 9.27. The van der Waals surface area contributed by atoms with Gasteiger partial charge in [-0.3, -0.25) is 19.2 Å². The predicted molar refractivity (Wildman–Crippen MR) is 133 cm³/mol. The number of aliphatic carboxylic acids is 4. The van der Waals surface area contributed by atoms with Crippen LogP contribution in [0.2, 0.25) is 0 Å². The maximum Gasteiger partial charge on any atom is 0.320 e. The Hall–Kier alpha value is -3.13. The molecule has 37 heavy (non-hydrogen) atoms. The molecular weight excluding hydrogens is 486 g/mol. The lowest BCUT2D eigenvalue weighted by molar-refractivity contribution is -0.698. The Labute approximate surface area is 215 Å². The van der Waals surface area contributed by atoms with Gasteiger partial charge in [-0.05, 0) is 63.4 Å². The van der Waals surface area contributed by atoms with Crippen molar-refractivity contribution in [3.05, 3.63) is 29.1 Å². The Balaban J connectivity index is 3.23. The van der Waals surface area contributed by atoms with Crippen LogP contribution in [0.15, 0.2) is 12.4 Å². The maximum absolute atomic E-state index is 11.2. The first-order chi connectivity index (χ1) is 17.3. The number of aromatic nitrogens is 1. The van der Waals surface area contributed by atoms with Crippen LogP contribution < -0.4 is 27.5 Å². The fourth-order valence-electron chi connectivity index (χ4n) is 3.95. The first-order valence-corrected chi connectivity index (χ1v) is 12.3. The van der Waals surface area contributed by atoms with Crippen LogP contribution in [0.3, 0.4) is 0 Å². The van der Waals surface area contributed by atoms with Gasteiger partial charge < -0.3 is 43.4 Å². The van der Waals surface area contributed by atoms with E-state index in [0.29, 0.717) is 51.5 Å². The minimum absolute atomic E-state index is 0.169. The van der Waals surface area contributed by atoms with E-state index >= 15 is 0 Å². The predicted octanol–water partition coefficient (Wildman–Crippen LogP) is -1.02. The molecule has 12 N–H and O–H groups in total. The summed E-state index contributed by atoms with van der Waals surface area (Å²) >= 11 is 0. The van der Waals surface area contributed by atoms with Crippen LogP contribution in [0.25, 0.3) is 0 Å². The van der Waals surface area contributed by atoms with Crippen molar-refractivity contribution in [2.45, 2.75) is 94.9 Å². The summed E-state index contributed by atoms with van der Waals surface area (Å²) in [5, 5.41) is 36.4. The Morgan fingerprint density at radius 2 is 0.973 bits per heavy atom. The molecule has 0 aliphatic heterocycles. The van der Waals surface area contributed by atoms with E-state index in [-0.39, 0.29) is 19.3 Å². The Morgan fingerprint density at radius 1 is 0.595 bits per heavy atom. The van der Waals surface area contributed by atoms with Gasteiger partial charge in [0, 0.05) is 17.5 Å². The molecule has 4 atom stereocenters. The lowest BCUT2D eigenvalue weighted by Crippen LogP contribution is -2.37. The summed E-state index contributed by atoms with van der Waals surface area (Å²) in [4.78, 5) is 44.5. The topological polar surface area (TPSA) is 257 Å². The summed E-state index contributed by atoms with van der Waals surface area (Å²) < 4.78 is 1.90. The average molecular weight is 527 g/mol. The van der Waals surface area contributed by atoms with E-state index in [1.54, 1.807) is 0 Å². The van der Waals surface area contributed by atoms with Gasteiger partial charge in [0.1, 0.15) is 30.7 Å². The van der Waals surface area contributed by atoms with E-state index in [1.165, 1.54) is 0 Å². The van der Waals surface area contributed by atoms with Gasteiger partial charge in [0.05, 0.1) is 0 Å². The number of carboxylic acids is 4. The summed E-state index contributed by atoms with van der Waals surface area (Å²) in [7, 11) is 0. The first-order valence-electron chi connectivity index (χ1n) is 12.3. The smallest absolute Gasteiger partial charge is 0.320 e. The molecule has 13 heteroatoms. The normalized spacial score (nSPS) is 14.5. The number of aryl methyl sites for hydroxylation is 3. The summed E-state index contributed by atoms with van der Waals surface area (Å²) in [6, 6.07) is -4.09. The molecule has 0 aliphatic carbocycles. The molecule has 0 fully saturated rings. The van der Waals surface area contributed by atoms with Gasteiger partial charge in [0.25, 0.3) is 0 Å². The number of unbranched alkanes of at least 4 members (excludes halogenated alkanes) is 1. The van der Waals surface area contributed by atoms with Gasteiger partial charge in [-0.25, -0.2) is 4.57 Å². The van der Waals surface area contributed by atoms with E-state index < -0.39 is 48.0 Å². The van der Waals surface area contributed by atoms with Crippen molar-refractivity contribution >= 4 is 23.9 Å². The van der Waals surface area contributed by atoms with E-state index in [2.05, 4.69) is 0 Å². The van der Waals surface area contributed by atoms with Crippen molar-refractivity contribution in [1.82, 2.24) is 0 Å². The molecule has 1 rings (SSSR count). The van der Waals surface area contributed by atoms with Crippen molar-refractivity contribution < 1.29 is 44.2 Å². The van der Waals surface area contributed by atoms with Crippen LogP contribution in [0.4, 0.5) is 0 Å². The fourth-order valence-corrected chi connectivity index (χ4v) is 3.95. The molecule has 0 aromatic carbocycles. The van der Waals surface area contributed by atoms with Crippen molar-refractivity contribution in [3.8, 4) is 0 Å². The lowest BCUT2D eigenvalue weighted by Gasteiger charge is -2.16. The highest BCUT2D eigenvalue weighted by Crippen LogP contribution is 2.21. The van der Waals surface area contributed by atoms with E-state index in [4.69, 9.17) is 33.1 Å². The van der Waals surface area contributed by atoms with Crippen LogP contribution in [0.1, 0.15) is 61.6 Å². The molecule has 0 aliphatic rings. The molecule has 1 heterocycles. The number of rotatable bonds is 19. The van der Waals surface area contributed by atoms with E-state index in [0.717, 1.165) is 16.7 Å². The third-order valence-corrected chi connectivity index (χ3v) is 6.26. The zero-order valence-electron chi connectivity index (χ0n) is 20.9. The minimum Gasteiger partial charge on any atom is -0.480 e. The average Bonchev–Trinajstić information content (AvgIpc) is 2.83. The maximum atomic E-state index is 11.2. The van der Waals surface area contributed by atoms with Crippen LogP contribution >= 0.6 is 0 Å². The highest BCUT2D eigenvalue weighted by molar-refractivity contribution is 5.74. The highest BCUT2D eigenvalue weighted by atomic mass is 16.4. The van der Waals surface area contributed by atoms with Gasteiger partial charge in [-0.2, -0.15) is 0 Å². The summed E-state index contributed by atoms with van der Waals surface area (Å²) in [6.07, 6.45) is 7.46. The molecule has 0 saturated heterocycles. The number of nitrogens with two attached hydrogens (primary N) is 4. The first kappa shape index (κ1) is 31.9. The Bertz CT molecular complexity index is 897. The molecule has 13 nitrogen and oxygen atoms in total. The van der Waals surface area contributed by atoms with Crippen molar-refractivity contribution in [3.63, 3.8) is 0 Å². The van der Waals surface area contributed by atoms with Crippen molar-refractivity contribution in [2.24, 2.45) is 22.9 Å². The molecule has 1 aromatic heterocycles. The number of pyridine rings is 1. The minimum atomic E-state index is -1.12. The number of carboxylic acid groups (broad SMARTS) is 4. The lowest BCUT2D eigenvalue weighted by atomic mass is 9.91. The SMILES string of the molecule is N[C@H](CCCC[n+]1cc(CC[C@H](N)C(=O)O)c(CCC[C@H](N)C(=O)O)c(CC[C@H](N)C(=O)O)c1)C(=O)O. The fraction of sp³-hybridized carbons (Fsp3) is 0.625. The zero-order chi connectivity index (χ0) is 28.1. The summed E-state index contributed by atoms with van der Waals surface area (Å²) in [5.74, 6) is -4.41. The molecule has 0 unspecified atom stereocenters. The van der Waals surface area contributed by atoms with Crippen LogP contribution in [-0.2, 0) is 45.0 Å². The van der Waals surface area contributed by atoms with Crippen LogP contribution in [0.5, 0.6) is 0 Å². The highest BCUT2D eigenvalue weighted by Gasteiger charge is 2.22. The molecule has 0 bridgehead atoms. The van der Waals surface area contributed by atoms with Crippen molar-refractivity contribution in [1.29, 1.82) is 0 Å². The van der Waals surface area contributed by atoms with Gasteiger partial charge in [0.15, 0.2) is 12.4 Å². The summed E-state index contributed by atoms with van der Waals surface area (Å²) in [6.45, 7) is 0.534. The van der Waals surface area contributed by atoms with E-state index in [9.17, 15) is 29.4 Å². The van der Waals surface area contributed by atoms with Crippen LogP contribution in [0, 0.1) is 0 Å². The molecule has 0 amide bonds. The quantitative estimate of drug-likeness (QED) is 0.0795. The molecule has 0 spiro atoms. The van der Waals surface area contributed by atoms with Gasteiger partial charge in [0.2, 0.25) is 0 Å². The Morgan fingerprint density at radius 3 is 1.38 bits per heavy atom. The molecule has 208 valence electrons. The number of hydrogen-bond donors (Lipinski definition) is 8. The van der Waals surface area contributed by atoms with Gasteiger partial charge in [-0.1, -0.05) is 0 Å². The third-order valence-electron chi connectivity index (χ3n) is 6.26. The molecule has 0 saturated carbocycles. The second kappa shape index (κ2) is 15.9. The summed E-state index contributed by atoms with van der Waals surface area (Å²) in [5.41, 5.74) is 25.2. The van der Waals surface area contributed by atoms with Crippen molar-refractivity contribution in [2.75, 3.05) is 0 Å². The molecule has 1 aromatic rings. The van der Waals surface area contributed by atoms with Gasteiger partial charge >= 0.3 is 23.9 Å². The Kier molecular flexibility index (Phi) is 13.7. The zero-order valence-corrected chi connectivity index (χ0v) is 20.9. The molecular formula is C24H40N5O8+. The number of hydrogen-bond acceptors (Lipinski definition) is 8. The largest absolute Gasteiger partial charge is 0.480 e. The molecule has 0 radical (unpaired) electrons. The number of nitrogens with zero attached hydrogens (tertiary/aromatic N) is 1. The standard InChI is InChI=1S/C24H39N5O8/c25-17(21(30)31)5-1-2-11-29-12-14(7-9-19(27)23(34)35)16(4-3-6-18(26)22(32)33)15(13-29)8-10-20(28)24(36)37/h12-13,17-20H,1-11,25-28H2,(H3-,30,31,32,33,34,35,36,37)/p+1/t17-,18+,19+,20+/m1/s1. The number of carbonyl (C=O) groups is 4. The monoisotopic (exact) mass is 526 g/mol. The third kappa shape index (κ3) is 11.6. The van der Waals surface area contributed by atoms with E-state index in [1.807, 2.05) is 17.0 Å².